The van der Waals surface area contributed by atoms with Crippen LogP contribution in [0.4, 0.5) is 0 Å². The highest BCUT2D eigenvalue weighted by Gasteiger charge is 2.34. The van der Waals surface area contributed by atoms with E-state index in [1.54, 1.807) is 23.5 Å². The Labute approximate surface area is 268 Å². The minimum absolute atomic E-state index is 0.0252. The quantitative estimate of drug-likeness (QED) is 0.263. The van der Waals surface area contributed by atoms with Crippen molar-refractivity contribution in [1.82, 2.24) is 25.0 Å². The van der Waals surface area contributed by atoms with Gasteiger partial charge in [-0.2, -0.15) is 0 Å². The summed E-state index contributed by atoms with van der Waals surface area (Å²) in [5, 5.41) is 5.76. The zero-order valence-corrected chi connectivity index (χ0v) is 27.9. The van der Waals surface area contributed by atoms with Gasteiger partial charge in [-0.05, 0) is 62.9 Å². The molecule has 0 saturated carbocycles. The molecule has 9 nitrogen and oxygen atoms in total. The van der Waals surface area contributed by atoms with Crippen LogP contribution in [-0.2, 0) is 38.4 Å². The Kier molecular flexibility index (Phi) is 8.83. The minimum Gasteiger partial charge on any atom is -0.464 e. The van der Waals surface area contributed by atoms with E-state index in [1.165, 1.54) is 5.56 Å². The van der Waals surface area contributed by atoms with Crippen LogP contribution in [0.1, 0.15) is 69.8 Å². The molecule has 1 fully saturated rings. The number of thiazole rings is 1. The van der Waals surface area contributed by atoms with Gasteiger partial charge in [-0.15, -0.1) is 11.3 Å². The van der Waals surface area contributed by atoms with Gasteiger partial charge in [0.05, 0.1) is 34.8 Å². The molecule has 4 aromatic rings. The van der Waals surface area contributed by atoms with Crippen LogP contribution in [0, 0.1) is 11.3 Å². The van der Waals surface area contributed by atoms with E-state index in [-0.39, 0.29) is 35.9 Å². The third-order valence-electron chi connectivity index (χ3n) is 9.06. The molecule has 45 heavy (non-hydrogen) atoms. The molecule has 2 aliphatic rings. The molecule has 1 N–H and O–H groups in total. The van der Waals surface area contributed by atoms with Crippen molar-refractivity contribution in [3.05, 3.63) is 58.2 Å². The Morgan fingerprint density at radius 2 is 2.07 bits per heavy atom. The molecule has 0 radical (unpaired) electrons. The van der Waals surface area contributed by atoms with Gasteiger partial charge in [-0.3, -0.25) is 19.6 Å². The number of aryl methyl sites for hydroxylation is 1. The summed E-state index contributed by atoms with van der Waals surface area (Å²) in [5.41, 5.74) is 10.1. The van der Waals surface area contributed by atoms with Crippen molar-refractivity contribution in [3.8, 4) is 22.5 Å². The fraction of sp³-hybridized carbons (Fsp3) is 0.486. The topological polar surface area (TPSA) is 98.6 Å². The number of cyclic esters (lactones) is 1. The number of fused-ring (bicyclic) bond motifs is 6. The maximum absolute atomic E-state index is 13.4. The largest absolute Gasteiger partial charge is 0.464 e. The summed E-state index contributed by atoms with van der Waals surface area (Å²) in [4.78, 5) is 36.5. The van der Waals surface area contributed by atoms with Crippen LogP contribution in [0.15, 0.2) is 41.9 Å². The Bertz CT molecular complexity index is 1730. The molecule has 1 saturated heterocycles. The number of methoxy groups -OCH3 is 1. The highest BCUT2D eigenvalue weighted by molar-refractivity contribution is 7.10. The summed E-state index contributed by atoms with van der Waals surface area (Å²) in [6.45, 7) is 12.0. The summed E-state index contributed by atoms with van der Waals surface area (Å²) in [7, 11) is 1.71. The van der Waals surface area contributed by atoms with E-state index < -0.39 is 6.04 Å². The van der Waals surface area contributed by atoms with Gasteiger partial charge in [0.2, 0.25) is 5.91 Å². The number of nitrogens with zero attached hydrogens (tertiary/aromatic N) is 4. The average Bonchev–Trinajstić information content (AvgIpc) is 3.64. The lowest BCUT2D eigenvalue weighted by molar-refractivity contribution is -0.155. The van der Waals surface area contributed by atoms with Gasteiger partial charge >= 0.3 is 5.97 Å². The maximum Gasteiger partial charge on any atom is 0.324 e. The van der Waals surface area contributed by atoms with Crippen LogP contribution in [0.25, 0.3) is 33.4 Å². The summed E-state index contributed by atoms with van der Waals surface area (Å²) in [6, 6.07) is 10.1. The van der Waals surface area contributed by atoms with Crippen LogP contribution in [0.3, 0.4) is 0 Å². The van der Waals surface area contributed by atoms with E-state index in [9.17, 15) is 9.59 Å². The zero-order chi connectivity index (χ0) is 31.9. The Hall–Kier alpha value is -3.60. The van der Waals surface area contributed by atoms with Crippen molar-refractivity contribution >= 4 is 34.1 Å². The van der Waals surface area contributed by atoms with Crippen molar-refractivity contribution < 1.29 is 19.1 Å². The molecule has 238 valence electrons. The monoisotopic (exact) mass is 629 g/mol. The van der Waals surface area contributed by atoms with Gasteiger partial charge < -0.3 is 14.0 Å². The number of carbonyl (C=O) groups excluding carboxylic acids is 2. The summed E-state index contributed by atoms with van der Waals surface area (Å²) < 4.78 is 14.1. The van der Waals surface area contributed by atoms with Crippen LogP contribution in [0.5, 0.6) is 0 Å². The van der Waals surface area contributed by atoms with Crippen molar-refractivity contribution in [2.24, 2.45) is 11.3 Å². The minimum atomic E-state index is -0.551. The van der Waals surface area contributed by atoms with Crippen molar-refractivity contribution in [1.29, 1.82) is 0 Å². The SMILES string of the molecule is CCn1c(-c2cccnc2[C@H](C)OC)c2c3cc(ccc31)-c1csc(n1)C[C@H](C)C(=O)N1CCC[C@H](N1)C(=O)OCC(C)(C)C2. The molecule has 3 aromatic heterocycles. The van der Waals surface area contributed by atoms with Crippen LogP contribution < -0.4 is 5.43 Å². The first-order valence-electron chi connectivity index (χ1n) is 15.9. The van der Waals surface area contributed by atoms with Gasteiger partial charge in [0, 0.05) is 71.6 Å². The molecule has 6 bridgehead atoms. The second-order valence-corrected chi connectivity index (χ2v) is 14.1. The lowest BCUT2D eigenvalue weighted by Gasteiger charge is -2.35. The molecule has 5 heterocycles. The van der Waals surface area contributed by atoms with Gasteiger partial charge in [-0.25, -0.2) is 10.4 Å². The van der Waals surface area contributed by atoms with Crippen LogP contribution in [0.2, 0.25) is 0 Å². The summed E-state index contributed by atoms with van der Waals surface area (Å²) >= 11 is 1.59. The van der Waals surface area contributed by atoms with Crippen LogP contribution >= 0.6 is 11.3 Å². The van der Waals surface area contributed by atoms with Crippen molar-refractivity contribution in [2.75, 3.05) is 20.3 Å². The molecule has 3 atom stereocenters. The number of esters is 1. The van der Waals surface area contributed by atoms with Gasteiger partial charge in [0.15, 0.2) is 0 Å². The third-order valence-corrected chi connectivity index (χ3v) is 9.94. The molecule has 0 aliphatic carbocycles. The fourth-order valence-electron chi connectivity index (χ4n) is 6.62. The summed E-state index contributed by atoms with van der Waals surface area (Å²) in [6.07, 6.45) is 4.20. The molecule has 0 spiro atoms. The van der Waals surface area contributed by atoms with Crippen LogP contribution in [-0.4, -0.2) is 57.7 Å². The summed E-state index contributed by atoms with van der Waals surface area (Å²) in [5.74, 6) is -0.619. The number of amides is 1. The van der Waals surface area contributed by atoms with Crippen molar-refractivity contribution in [2.45, 2.75) is 79.0 Å². The highest BCUT2D eigenvalue weighted by atomic mass is 32.1. The third kappa shape index (κ3) is 6.15. The van der Waals surface area contributed by atoms with Gasteiger partial charge in [0.25, 0.3) is 0 Å². The van der Waals surface area contributed by atoms with Gasteiger partial charge in [0.1, 0.15) is 6.04 Å². The molecule has 0 unspecified atom stereocenters. The molecule has 1 aromatic carbocycles. The molecular weight excluding hydrogens is 586 g/mol. The number of hydrazine groups is 1. The Morgan fingerprint density at radius 3 is 2.84 bits per heavy atom. The normalized spacial score (nSPS) is 21.4. The number of aromatic nitrogens is 3. The first-order chi connectivity index (χ1) is 21.6. The number of ether oxygens (including phenoxy) is 2. The molecule has 2 aliphatic heterocycles. The van der Waals surface area contributed by atoms with Gasteiger partial charge in [-0.1, -0.05) is 26.8 Å². The molecule has 10 heteroatoms. The first kappa shape index (κ1) is 31.4. The number of rotatable bonds is 4. The predicted octanol–water partition coefficient (Wildman–Crippen LogP) is 6.35. The molecule has 1 amide bonds. The second-order valence-electron chi connectivity index (χ2n) is 13.1. The Balaban J connectivity index is 1.53. The fourth-order valence-corrected chi connectivity index (χ4v) is 7.55. The van der Waals surface area contributed by atoms with E-state index in [4.69, 9.17) is 19.4 Å². The smallest absolute Gasteiger partial charge is 0.324 e. The lowest BCUT2D eigenvalue weighted by Crippen LogP contribution is -2.56. The first-order valence-corrected chi connectivity index (χ1v) is 16.8. The number of hydrogen-bond acceptors (Lipinski definition) is 8. The molecular formula is C35H43N5O4S. The molecule has 6 rings (SSSR count). The van der Waals surface area contributed by atoms with E-state index in [0.717, 1.165) is 57.1 Å². The Morgan fingerprint density at radius 1 is 1.24 bits per heavy atom. The van der Waals surface area contributed by atoms with E-state index in [1.807, 2.05) is 26.1 Å². The average molecular weight is 630 g/mol. The number of carbonyl (C=O) groups is 2. The van der Waals surface area contributed by atoms with E-state index in [0.29, 0.717) is 25.8 Å². The zero-order valence-electron chi connectivity index (χ0n) is 27.1. The predicted molar refractivity (Wildman–Crippen MR) is 177 cm³/mol. The van der Waals surface area contributed by atoms with E-state index >= 15 is 0 Å². The standard InChI is InChI=1S/C35H43N5O4S/c1-7-39-29-13-12-23-17-25(29)26(32(39)24-10-8-14-36-31(24)22(3)43-6)18-35(4,5)20-44-34(42)27-11-9-15-40(38-27)33(41)21(2)16-30-37-28(23)19-45-30/h8,10,12-14,17,19,21-22,27,38H,7,9,11,15-16,18,20H2,1-6H3/t21-,22-,27-/m0/s1. The maximum atomic E-state index is 13.4. The van der Waals surface area contributed by atoms with Crippen molar-refractivity contribution in [3.63, 3.8) is 0 Å². The van der Waals surface area contributed by atoms with E-state index in [2.05, 4.69) is 60.4 Å². The number of pyridine rings is 1. The second kappa shape index (κ2) is 12.7. The lowest BCUT2D eigenvalue weighted by atomic mass is 9.84. The highest BCUT2D eigenvalue weighted by Crippen LogP contribution is 2.42. The number of benzene rings is 1. The number of nitrogens with one attached hydrogen (secondary N) is 1. The number of hydrogen-bond donors (Lipinski definition) is 1.